The van der Waals surface area contributed by atoms with Gasteiger partial charge in [-0.1, -0.05) is 12.1 Å². The Labute approximate surface area is 218 Å². The molecule has 37 heavy (non-hydrogen) atoms. The second-order valence-electron chi connectivity index (χ2n) is 10.9. The van der Waals surface area contributed by atoms with Gasteiger partial charge in [0, 0.05) is 39.1 Å². The molecule has 8 nitrogen and oxygen atoms in total. The van der Waals surface area contributed by atoms with Crippen molar-refractivity contribution in [2.45, 2.75) is 75.1 Å². The predicted molar refractivity (Wildman–Crippen MR) is 136 cm³/mol. The summed E-state index contributed by atoms with van der Waals surface area (Å²) < 4.78 is 68.3. The van der Waals surface area contributed by atoms with Crippen molar-refractivity contribution in [2.75, 3.05) is 40.4 Å². The molecule has 1 aliphatic heterocycles. The molecule has 1 aromatic rings. The van der Waals surface area contributed by atoms with Crippen LogP contribution in [0, 0.1) is 11.7 Å². The molecule has 3 fully saturated rings. The second kappa shape index (κ2) is 11.9. The van der Waals surface area contributed by atoms with Gasteiger partial charge in [-0.15, -0.1) is 0 Å². The van der Waals surface area contributed by atoms with Crippen LogP contribution in [0.25, 0.3) is 0 Å². The Morgan fingerprint density at radius 3 is 2.54 bits per heavy atom. The SMILES string of the molecule is CN(C)S(=O)(=O)N[C@H]1CCN(C(=O)OCC2(F)CCC2)CC1COC1CCC(c2cccc(F)c2)CC1. The molecule has 3 aliphatic rings. The van der Waals surface area contributed by atoms with Crippen molar-refractivity contribution in [3.05, 3.63) is 35.6 Å². The minimum atomic E-state index is -3.67. The summed E-state index contributed by atoms with van der Waals surface area (Å²) in [4.78, 5) is 14.2. The van der Waals surface area contributed by atoms with E-state index < -0.39 is 28.0 Å². The molecule has 11 heteroatoms. The van der Waals surface area contributed by atoms with Crippen LogP contribution in [0.1, 0.15) is 62.8 Å². The summed E-state index contributed by atoms with van der Waals surface area (Å²) in [6.45, 7) is 0.618. The highest BCUT2D eigenvalue weighted by atomic mass is 32.2. The standard InChI is InChI=1S/C26H39F2N3O5S/c1-30(2)37(33,34)29-24-11-14-31(25(32)36-18-26(28)12-4-13-26)16-21(24)17-35-23-9-7-19(8-10-23)20-5-3-6-22(27)15-20/h3,5-6,15,19,21,23-24,29H,4,7-14,16-18H2,1-2H3/t19?,21?,23?,24-/m0/s1. The Bertz CT molecular complexity index is 1030. The highest BCUT2D eigenvalue weighted by molar-refractivity contribution is 7.87. The molecule has 1 unspecified atom stereocenters. The van der Waals surface area contributed by atoms with Crippen LogP contribution >= 0.6 is 0 Å². The lowest BCUT2D eigenvalue weighted by Gasteiger charge is -2.40. The molecule has 0 radical (unpaired) electrons. The summed E-state index contributed by atoms with van der Waals surface area (Å²) in [5.74, 6) is -0.207. The number of nitrogens with one attached hydrogen (secondary N) is 1. The van der Waals surface area contributed by atoms with Crippen LogP contribution in [-0.4, -0.2) is 81.9 Å². The number of carbonyl (C=O) groups excluding carboxylic acids is 1. The minimum absolute atomic E-state index is 0.0169. The number of piperidine rings is 1. The lowest BCUT2D eigenvalue weighted by atomic mass is 9.82. The van der Waals surface area contributed by atoms with Gasteiger partial charge in [-0.25, -0.2) is 13.6 Å². The smallest absolute Gasteiger partial charge is 0.409 e. The Kier molecular flexibility index (Phi) is 9.09. The van der Waals surface area contributed by atoms with E-state index in [1.54, 1.807) is 12.1 Å². The number of halogens is 2. The molecule has 1 N–H and O–H groups in total. The van der Waals surface area contributed by atoms with Gasteiger partial charge in [-0.3, -0.25) is 0 Å². The highest BCUT2D eigenvalue weighted by Gasteiger charge is 2.40. The van der Waals surface area contributed by atoms with Gasteiger partial charge < -0.3 is 14.4 Å². The molecule has 1 saturated heterocycles. The average Bonchev–Trinajstić information content (AvgIpc) is 2.85. The quantitative estimate of drug-likeness (QED) is 0.509. The van der Waals surface area contributed by atoms with E-state index in [4.69, 9.17) is 9.47 Å². The van der Waals surface area contributed by atoms with Crippen molar-refractivity contribution >= 4 is 16.3 Å². The Hall–Kier alpha value is -1.82. The van der Waals surface area contributed by atoms with Crippen LogP contribution in [0.2, 0.25) is 0 Å². The van der Waals surface area contributed by atoms with Crippen LogP contribution in [0.4, 0.5) is 13.6 Å². The number of rotatable bonds is 9. The Balaban J connectivity index is 1.33. The van der Waals surface area contributed by atoms with E-state index in [0.717, 1.165) is 42.0 Å². The summed E-state index contributed by atoms with van der Waals surface area (Å²) in [6, 6.07) is 6.34. The fourth-order valence-electron chi connectivity index (χ4n) is 5.39. The number of ether oxygens (including phenoxy) is 2. The lowest BCUT2D eigenvalue weighted by Crippen LogP contribution is -2.55. The third kappa shape index (κ3) is 7.40. The zero-order chi connectivity index (χ0) is 26.6. The summed E-state index contributed by atoms with van der Waals surface area (Å²) in [5, 5.41) is 0. The maximum atomic E-state index is 14.3. The van der Waals surface area contributed by atoms with Gasteiger partial charge in [0.1, 0.15) is 18.1 Å². The molecule has 1 amide bonds. The molecule has 1 heterocycles. The monoisotopic (exact) mass is 543 g/mol. The lowest BCUT2D eigenvalue weighted by molar-refractivity contribution is -0.0323. The van der Waals surface area contributed by atoms with Crippen LogP contribution in [0.15, 0.2) is 24.3 Å². The van der Waals surface area contributed by atoms with Crippen LogP contribution in [0.5, 0.6) is 0 Å². The summed E-state index contributed by atoms with van der Waals surface area (Å²) >= 11 is 0. The van der Waals surface area contributed by atoms with Gasteiger partial charge in [0.25, 0.3) is 10.2 Å². The number of hydrogen-bond acceptors (Lipinski definition) is 5. The molecule has 0 spiro atoms. The first-order chi connectivity index (χ1) is 17.5. The first-order valence-electron chi connectivity index (χ1n) is 13.2. The zero-order valence-corrected chi connectivity index (χ0v) is 22.5. The summed E-state index contributed by atoms with van der Waals surface area (Å²) in [6.07, 6.45) is 4.90. The van der Waals surface area contributed by atoms with Crippen LogP contribution in [0.3, 0.4) is 0 Å². The molecule has 2 atom stereocenters. The van der Waals surface area contributed by atoms with Gasteiger partial charge in [0.15, 0.2) is 0 Å². The van der Waals surface area contributed by atoms with Crippen molar-refractivity contribution in [3.8, 4) is 0 Å². The molecule has 1 aromatic carbocycles. The molecule has 0 aromatic heterocycles. The number of benzene rings is 1. The maximum Gasteiger partial charge on any atom is 0.409 e. The van der Waals surface area contributed by atoms with Gasteiger partial charge >= 0.3 is 6.09 Å². The molecule has 4 rings (SSSR count). The first-order valence-corrected chi connectivity index (χ1v) is 14.7. The second-order valence-corrected chi connectivity index (χ2v) is 12.8. The summed E-state index contributed by atoms with van der Waals surface area (Å²) in [5.41, 5.74) is -0.405. The maximum absolute atomic E-state index is 14.3. The highest BCUT2D eigenvalue weighted by Crippen LogP contribution is 2.36. The Morgan fingerprint density at radius 2 is 1.92 bits per heavy atom. The van der Waals surface area contributed by atoms with E-state index in [-0.39, 0.29) is 37.6 Å². The first kappa shape index (κ1) is 28.2. The van der Waals surface area contributed by atoms with Gasteiger partial charge in [-0.2, -0.15) is 17.4 Å². The topological polar surface area (TPSA) is 88.2 Å². The molecule has 2 aliphatic carbocycles. The van der Waals surface area contributed by atoms with Gasteiger partial charge in [0.05, 0.1) is 12.7 Å². The number of likely N-dealkylation sites (tertiary alicyclic amines) is 1. The van der Waals surface area contributed by atoms with E-state index in [2.05, 4.69) is 4.72 Å². The van der Waals surface area contributed by atoms with Crippen molar-refractivity contribution in [3.63, 3.8) is 0 Å². The van der Waals surface area contributed by atoms with Crippen molar-refractivity contribution in [2.24, 2.45) is 5.92 Å². The molecular formula is C26H39F2N3O5S. The van der Waals surface area contributed by atoms with Gasteiger partial charge in [0.2, 0.25) is 0 Å². The van der Waals surface area contributed by atoms with Crippen LogP contribution < -0.4 is 4.72 Å². The number of carbonyl (C=O) groups is 1. The average molecular weight is 544 g/mol. The fraction of sp³-hybridized carbons (Fsp3) is 0.731. The number of amides is 1. The summed E-state index contributed by atoms with van der Waals surface area (Å²) in [7, 11) is -0.740. The third-order valence-corrected chi connectivity index (χ3v) is 9.58. The van der Waals surface area contributed by atoms with E-state index in [9.17, 15) is 22.0 Å². The zero-order valence-electron chi connectivity index (χ0n) is 21.7. The number of nitrogens with zero attached hydrogens (tertiary/aromatic N) is 2. The third-order valence-electron chi connectivity index (χ3n) is 8.02. The molecule has 0 bridgehead atoms. The van der Waals surface area contributed by atoms with E-state index in [0.29, 0.717) is 31.7 Å². The molecular weight excluding hydrogens is 504 g/mol. The van der Waals surface area contributed by atoms with Crippen molar-refractivity contribution in [1.82, 2.24) is 13.9 Å². The van der Waals surface area contributed by atoms with E-state index >= 15 is 0 Å². The minimum Gasteiger partial charge on any atom is -0.446 e. The van der Waals surface area contributed by atoms with Crippen molar-refractivity contribution in [1.29, 1.82) is 0 Å². The van der Waals surface area contributed by atoms with Crippen LogP contribution in [-0.2, 0) is 19.7 Å². The van der Waals surface area contributed by atoms with Gasteiger partial charge in [-0.05, 0) is 75.0 Å². The normalized spacial score (nSPS) is 28.1. The van der Waals surface area contributed by atoms with E-state index in [1.165, 1.54) is 25.1 Å². The molecule has 208 valence electrons. The predicted octanol–water partition coefficient (Wildman–Crippen LogP) is 3.98. The Morgan fingerprint density at radius 1 is 1.19 bits per heavy atom. The number of hydrogen-bond donors (Lipinski definition) is 1. The van der Waals surface area contributed by atoms with E-state index in [1.807, 2.05) is 6.07 Å². The number of alkyl halides is 1. The largest absolute Gasteiger partial charge is 0.446 e. The van der Waals surface area contributed by atoms with Crippen molar-refractivity contribution < 1.29 is 31.5 Å². The molecule has 2 saturated carbocycles. The fourth-order valence-corrected chi connectivity index (χ4v) is 6.29.